The maximum atomic E-state index is 12.5. The van der Waals surface area contributed by atoms with Crippen LogP contribution in [0.1, 0.15) is 32.6 Å². The maximum Gasteiger partial charge on any atom is 0.227 e. The van der Waals surface area contributed by atoms with E-state index in [2.05, 4.69) is 17.6 Å². The molecule has 106 valence electrons. The fourth-order valence-electron chi connectivity index (χ4n) is 3.74. The zero-order valence-corrected chi connectivity index (χ0v) is 11.5. The van der Waals surface area contributed by atoms with E-state index < -0.39 is 0 Å². The molecule has 3 rings (SSSR count). The fraction of sp³-hybridized carbons (Fsp3) is 0.857. The van der Waals surface area contributed by atoms with Crippen LogP contribution in [-0.2, 0) is 9.59 Å². The van der Waals surface area contributed by atoms with Gasteiger partial charge in [0.05, 0.1) is 5.92 Å². The minimum absolute atomic E-state index is 0.148. The molecule has 4 unspecified atom stereocenters. The zero-order valence-electron chi connectivity index (χ0n) is 11.5. The van der Waals surface area contributed by atoms with E-state index in [0.717, 1.165) is 38.9 Å². The van der Waals surface area contributed by atoms with Crippen molar-refractivity contribution in [3.8, 4) is 0 Å². The molecule has 0 saturated carbocycles. The van der Waals surface area contributed by atoms with Crippen LogP contribution < -0.4 is 10.6 Å². The summed E-state index contributed by atoms with van der Waals surface area (Å²) in [6.07, 6.45) is 3.42. The smallest absolute Gasteiger partial charge is 0.227 e. The number of likely N-dealkylation sites (tertiary alicyclic amines) is 1. The summed E-state index contributed by atoms with van der Waals surface area (Å²) in [6.45, 7) is 4.67. The Morgan fingerprint density at radius 3 is 2.89 bits per heavy atom. The minimum Gasteiger partial charge on any atom is -0.353 e. The van der Waals surface area contributed by atoms with Crippen molar-refractivity contribution in [3.05, 3.63) is 0 Å². The Kier molecular flexibility index (Phi) is 3.48. The molecule has 19 heavy (non-hydrogen) atoms. The Bertz CT molecular complexity index is 385. The Morgan fingerprint density at radius 1 is 1.32 bits per heavy atom. The average Bonchev–Trinajstić information content (AvgIpc) is 2.83. The van der Waals surface area contributed by atoms with Gasteiger partial charge in [0, 0.05) is 31.6 Å². The van der Waals surface area contributed by atoms with Gasteiger partial charge in [-0.05, 0) is 38.6 Å². The maximum absolute atomic E-state index is 12.5. The van der Waals surface area contributed by atoms with E-state index in [-0.39, 0.29) is 11.8 Å². The lowest BCUT2D eigenvalue weighted by atomic mass is 9.84. The molecule has 3 fully saturated rings. The molecule has 3 saturated heterocycles. The van der Waals surface area contributed by atoms with Crippen LogP contribution >= 0.6 is 0 Å². The average molecular weight is 265 g/mol. The van der Waals surface area contributed by atoms with Gasteiger partial charge in [0.25, 0.3) is 0 Å². The van der Waals surface area contributed by atoms with Crippen LogP contribution in [0.4, 0.5) is 0 Å². The molecule has 4 atom stereocenters. The molecule has 0 spiro atoms. The summed E-state index contributed by atoms with van der Waals surface area (Å²) in [5.41, 5.74) is 0. The second-order valence-electron chi connectivity index (χ2n) is 6.18. The number of amides is 2. The molecular formula is C14H23N3O2. The molecule has 3 aliphatic heterocycles. The summed E-state index contributed by atoms with van der Waals surface area (Å²) >= 11 is 0. The van der Waals surface area contributed by atoms with Crippen molar-refractivity contribution in [1.82, 2.24) is 15.5 Å². The number of hydrogen-bond donors (Lipinski definition) is 2. The lowest BCUT2D eigenvalue weighted by Gasteiger charge is -2.42. The van der Waals surface area contributed by atoms with E-state index in [1.165, 1.54) is 0 Å². The number of nitrogens with one attached hydrogen (secondary N) is 2. The molecular weight excluding hydrogens is 242 g/mol. The number of rotatable bonds is 1. The lowest BCUT2D eigenvalue weighted by Crippen LogP contribution is -2.56. The van der Waals surface area contributed by atoms with Crippen LogP contribution in [0.2, 0.25) is 0 Å². The first kappa shape index (κ1) is 12.9. The van der Waals surface area contributed by atoms with Gasteiger partial charge in [-0.1, -0.05) is 0 Å². The van der Waals surface area contributed by atoms with Crippen LogP contribution in [-0.4, -0.2) is 48.4 Å². The first-order valence-corrected chi connectivity index (χ1v) is 7.46. The highest BCUT2D eigenvalue weighted by molar-refractivity contribution is 5.80. The van der Waals surface area contributed by atoms with Gasteiger partial charge in [-0.3, -0.25) is 9.59 Å². The van der Waals surface area contributed by atoms with Gasteiger partial charge in [0.1, 0.15) is 0 Å². The normalized spacial score (nSPS) is 38.8. The molecule has 0 aromatic rings. The molecule has 5 nitrogen and oxygen atoms in total. The fourth-order valence-corrected chi connectivity index (χ4v) is 3.74. The summed E-state index contributed by atoms with van der Waals surface area (Å²) in [5.74, 6) is 1.09. The molecule has 0 aromatic carbocycles. The number of carbonyl (C=O) groups excluding carboxylic acids is 2. The van der Waals surface area contributed by atoms with Crippen molar-refractivity contribution in [2.45, 2.75) is 44.7 Å². The Hall–Kier alpha value is -1.10. The molecule has 0 aliphatic carbocycles. The van der Waals surface area contributed by atoms with Crippen molar-refractivity contribution in [1.29, 1.82) is 0 Å². The zero-order chi connectivity index (χ0) is 13.4. The Morgan fingerprint density at radius 2 is 2.16 bits per heavy atom. The monoisotopic (exact) mass is 265 g/mol. The van der Waals surface area contributed by atoms with E-state index in [1.807, 2.05) is 4.90 Å². The molecule has 2 amide bonds. The first-order valence-electron chi connectivity index (χ1n) is 7.46. The quantitative estimate of drug-likeness (QED) is 0.707. The molecule has 2 N–H and O–H groups in total. The van der Waals surface area contributed by atoms with E-state index in [4.69, 9.17) is 0 Å². The van der Waals surface area contributed by atoms with E-state index >= 15 is 0 Å². The van der Waals surface area contributed by atoms with Crippen molar-refractivity contribution in [2.24, 2.45) is 11.8 Å². The standard InChI is InChI=1S/C14H23N3O2/c1-9-11(4-6-15-9)14(19)17-7-5-12-10(8-17)2-3-13(18)16-12/h9-12,15H,2-8H2,1H3,(H,16,18). The van der Waals surface area contributed by atoms with Crippen LogP contribution in [0.5, 0.6) is 0 Å². The molecule has 3 heterocycles. The summed E-state index contributed by atoms with van der Waals surface area (Å²) in [4.78, 5) is 26.0. The largest absolute Gasteiger partial charge is 0.353 e. The van der Waals surface area contributed by atoms with Crippen LogP contribution in [0.3, 0.4) is 0 Å². The Labute approximate surface area is 114 Å². The molecule has 5 heteroatoms. The summed E-state index contributed by atoms with van der Waals surface area (Å²) < 4.78 is 0. The molecule has 0 aromatic heterocycles. The van der Waals surface area contributed by atoms with Gasteiger partial charge in [0.15, 0.2) is 0 Å². The van der Waals surface area contributed by atoms with Gasteiger partial charge in [-0.2, -0.15) is 0 Å². The molecule has 0 bridgehead atoms. The van der Waals surface area contributed by atoms with Crippen LogP contribution in [0, 0.1) is 11.8 Å². The van der Waals surface area contributed by atoms with E-state index in [9.17, 15) is 9.59 Å². The Balaban J connectivity index is 1.61. The predicted octanol–water partition coefficient (Wildman–Crippen LogP) is 0.112. The third kappa shape index (κ3) is 2.48. The summed E-state index contributed by atoms with van der Waals surface area (Å²) in [5, 5.41) is 6.41. The highest BCUT2D eigenvalue weighted by Crippen LogP contribution is 2.27. The number of fused-ring (bicyclic) bond motifs is 1. The highest BCUT2D eigenvalue weighted by atomic mass is 16.2. The van der Waals surface area contributed by atoms with Gasteiger partial charge in [0.2, 0.25) is 11.8 Å². The summed E-state index contributed by atoms with van der Waals surface area (Å²) in [6, 6.07) is 0.598. The predicted molar refractivity (Wildman–Crippen MR) is 71.4 cm³/mol. The van der Waals surface area contributed by atoms with Gasteiger partial charge < -0.3 is 15.5 Å². The second kappa shape index (κ2) is 5.12. The third-order valence-electron chi connectivity index (χ3n) is 4.98. The van der Waals surface area contributed by atoms with Crippen molar-refractivity contribution >= 4 is 11.8 Å². The van der Waals surface area contributed by atoms with Crippen LogP contribution in [0.25, 0.3) is 0 Å². The molecule has 3 aliphatic rings. The van der Waals surface area contributed by atoms with Crippen molar-refractivity contribution < 1.29 is 9.59 Å². The number of carbonyl (C=O) groups is 2. The minimum atomic E-state index is 0.148. The third-order valence-corrected chi connectivity index (χ3v) is 4.98. The van der Waals surface area contributed by atoms with Crippen LogP contribution in [0.15, 0.2) is 0 Å². The first-order chi connectivity index (χ1) is 9.15. The van der Waals surface area contributed by atoms with Gasteiger partial charge >= 0.3 is 0 Å². The van der Waals surface area contributed by atoms with Gasteiger partial charge in [-0.25, -0.2) is 0 Å². The van der Waals surface area contributed by atoms with Gasteiger partial charge in [-0.15, -0.1) is 0 Å². The van der Waals surface area contributed by atoms with E-state index in [1.54, 1.807) is 0 Å². The highest BCUT2D eigenvalue weighted by Gasteiger charge is 2.39. The SMILES string of the molecule is CC1NCCC1C(=O)N1CCC2NC(=O)CCC2C1. The summed E-state index contributed by atoms with van der Waals surface area (Å²) in [7, 11) is 0. The molecule has 0 radical (unpaired) electrons. The second-order valence-corrected chi connectivity index (χ2v) is 6.18. The van der Waals surface area contributed by atoms with Crippen molar-refractivity contribution in [3.63, 3.8) is 0 Å². The number of nitrogens with zero attached hydrogens (tertiary/aromatic N) is 1. The number of piperidine rings is 2. The topological polar surface area (TPSA) is 61.4 Å². The van der Waals surface area contributed by atoms with E-state index in [0.29, 0.717) is 30.3 Å². The number of hydrogen-bond acceptors (Lipinski definition) is 3. The van der Waals surface area contributed by atoms with Crippen molar-refractivity contribution in [2.75, 3.05) is 19.6 Å². The lowest BCUT2D eigenvalue weighted by molar-refractivity contribution is -0.139.